The van der Waals surface area contributed by atoms with E-state index in [0.29, 0.717) is 16.9 Å². The highest BCUT2D eigenvalue weighted by atomic mass is 35.5. The second kappa shape index (κ2) is 6.60. The van der Waals surface area contributed by atoms with E-state index >= 15 is 0 Å². The maximum absolute atomic E-state index is 9.53. The molecule has 0 aliphatic carbocycles. The van der Waals surface area contributed by atoms with Gasteiger partial charge in [0.1, 0.15) is 5.15 Å². The highest BCUT2D eigenvalue weighted by Crippen LogP contribution is 2.30. The molecular formula is C13H20Cl2N2O. The summed E-state index contributed by atoms with van der Waals surface area (Å²) in [6.07, 6.45) is 1.81. The van der Waals surface area contributed by atoms with Gasteiger partial charge >= 0.3 is 0 Å². The fourth-order valence-electron chi connectivity index (χ4n) is 1.86. The molecule has 0 fully saturated rings. The molecule has 5 heteroatoms. The van der Waals surface area contributed by atoms with E-state index in [1.165, 1.54) is 0 Å². The molecule has 0 saturated carbocycles. The predicted molar refractivity (Wildman–Crippen MR) is 77.6 cm³/mol. The molecule has 0 radical (unpaired) electrons. The monoisotopic (exact) mass is 290 g/mol. The quantitative estimate of drug-likeness (QED) is 0.781. The van der Waals surface area contributed by atoms with E-state index in [1.54, 1.807) is 6.07 Å². The smallest absolute Gasteiger partial charge is 0.154 e. The third-order valence-electron chi connectivity index (χ3n) is 3.62. The van der Waals surface area contributed by atoms with Gasteiger partial charge in [0.2, 0.25) is 0 Å². The minimum Gasteiger partial charge on any atom is -0.396 e. The number of hydrogen-bond acceptors (Lipinski definition) is 3. The topological polar surface area (TPSA) is 45.1 Å². The van der Waals surface area contributed by atoms with Gasteiger partial charge in [0.15, 0.2) is 5.15 Å². The molecule has 1 aromatic rings. The zero-order valence-corrected chi connectivity index (χ0v) is 12.6. The number of hydrogen-bond donors (Lipinski definition) is 2. The average molecular weight is 291 g/mol. The molecule has 18 heavy (non-hydrogen) atoms. The maximum Gasteiger partial charge on any atom is 0.154 e. The molecule has 2 N–H and O–H groups in total. The Kier molecular flexibility index (Phi) is 5.70. The Morgan fingerprint density at radius 2 is 1.94 bits per heavy atom. The summed E-state index contributed by atoms with van der Waals surface area (Å²) in [5.74, 6) is 0. The first kappa shape index (κ1) is 15.5. The van der Waals surface area contributed by atoms with Gasteiger partial charge in [0.25, 0.3) is 0 Å². The van der Waals surface area contributed by atoms with Gasteiger partial charge in [-0.1, -0.05) is 37.0 Å². The summed E-state index contributed by atoms with van der Waals surface area (Å²) >= 11 is 11.9. The van der Waals surface area contributed by atoms with Crippen LogP contribution in [-0.2, 0) is 0 Å². The zero-order valence-electron chi connectivity index (χ0n) is 11.1. The van der Waals surface area contributed by atoms with E-state index in [2.05, 4.69) is 24.1 Å². The van der Waals surface area contributed by atoms with Gasteiger partial charge in [-0.3, -0.25) is 0 Å². The van der Waals surface area contributed by atoms with Crippen molar-refractivity contribution < 1.29 is 5.11 Å². The number of rotatable bonds is 6. The first-order valence-electron chi connectivity index (χ1n) is 6.15. The number of aliphatic hydroxyl groups is 1. The Labute approximate surface area is 119 Å². The lowest BCUT2D eigenvalue weighted by molar-refractivity contribution is 0.127. The zero-order chi connectivity index (χ0) is 13.8. The van der Waals surface area contributed by atoms with Crippen LogP contribution < -0.4 is 5.32 Å². The number of halogens is 2. The molecule has 0 atom stereocenters. The van der Waals surface area contributed by atoms with Crippen LogP contribution in [0, 0.1) is 12.3 Å². The Bertz CT molecular complexity index is 375. The summed E-state index contributed by atoms with van der Waals surface area (Å²) < 4.78 is 0. The number of aromatic nitrogens is 1. The van der Waals surface area contributed by atoms with Crippen LogP contribution >= 0.6 is 23.2 Å². The Morgan fingerprint density at radius 1 is 1.33 bits per heavy atom. The molecule has 0 aromatic carbocycles. The fourth-order valence-corrected chi connectivity index (χ4v) is 2.46. The molecule has 102 valence electrons. The second-order valence-corrected chi connectivity index (χ2v) is 5.39. The third-order valence-corrected chi connectivity index (χ3v) is 4.08. The summed E-state index contributed by atoms with van der Waals surface area (Å²) in [7, 11) is 0. The summed E-state index contributed by atoms with van der Waals surface area (Å²) in [5.41, 5.74) is 1.63. The van der Waals surface area contributed by atoms with E-state index in [9.17, 15) is 5.11 Å². The molecule has 0 spiro atoms. The van der Waals surface area contributed by atoms with Gasteiger partial charge in [-0.15, -0.1) is 0 Å². The van der Waals surface area contributed by atoms with Crippen LogP contribution in [0.15, 0.2) is 6.07 Å². The number of aliphatic hydroxyl groups excluding tert-OH is 1. The fraction of sp³-hybridized carbons (Fsp3) is 0.615. The predicted octanol–water partition coefficient (Wildman–Crippen LogP) is 3.91. The molecule has 1 rings (SSSR count). The van der Waals surface area contributed by atoms with Crippen LogP contribution in [0.5, 0.6) is 0 Å². The molecule has 0 aliphatic rings. The average Bonchev–Trinajstić information content (AvgIpc) is 2.33. The largest absolute Gasteiger partial charge is 0.396 e. The van der Waals surface area contributed by atoms with Crippen LogP contribution in [0.3, 0.4) is 0 Å². The van der Waals surface area contributed by atoms with Gasteiger partial charge in [-0.25, -0.2) is 4.98 Å². The molecule has 1 heterocycles. The number of anilines is 1. The van der Waals surface area contributed by atoms with Gasteiger partial charge < -0.3 is 10.4 Å². The minimum atomic E-state index is -0.116. The van der Waals surface area contributed by atoms with Gasteiger partial charge in [0, 0.05) is 12.0 Å². The molecule has 0 unspecified atom stereocenters. The van der Waals surface area contributed by atoms with E-state index in [-0.39, 0.29) is 12.0 Å². The van der Waals surface area contributed by atoms with Crippen LogP contribution in [0.25, 0.3) is 0 Å². The maximum atomic E-state index is 9.53. The summed E-state index contributed by atoms with van der Waals surface area (Å²) in [6.45, 7) is 6.91. The first-order chi connectivity index (χ1) is 8.48. The van der Waals surface area contributed by atoms with Crippen molar-refractivity contribution in [2.45, 2.75) is 33.6 Å². The molecule has 0 aliphatic heterocycles. The third kappa shape index (κ3) is 3.50. The van der Waals surface area contributed by atoms with Crippen LogP contribution in [0.4, 0.5) is 5.69 Å². The normalized spacial score (nSPS) is 11.7. The van der Waals surface area contributed by atoms with Crippen molar-refractivity contribution >= 4 is 28.9 Å². The van der Waals surface area contributed by atoms with E-state index < -0.39 is 0 Å². The SMILES string of the molecule is CCC(CC)(CO)CNc1c(C)cc(Cl)nc1Cl. The lowest BCUT2D eigenvalue weighted by atomic mass is 9.83. The molecule has 1 aromatic heterocycles. The lowest BCUT2D eigenvalue weighted by Crippen LogP contribution is -2.32. The van der Waals surface area contributed by atoms with Gasteiger partial charge in [-0.05, 0) is 31.4 Å². The second-order valence-electron chi connectivity index (χ2n) is 4.65. The highest BCUT2D eigenvalue weighted by molar-refractivity contribution is 6.34. The van der Waals surface area contributed by atoms with Crippen molar-refractivity contribution in [2.75, 3.05) is 18.5 Å². The van der Waals surface area contributed by atoms with Crippen LogP contribution in [0.1, 0.15) is 32.3 Å². The molecular weight excluding hydrogens is 271 g/mol. The van der Waals surface area contributed by atoms with Crippen LogP contribution in [0.2, 0.25) is 10.3 Å². The summed E-state index contributed by atoms with van der Waals surface area (Å²) in [5, 5.41) is 13.6. The highest BCUT2D eigenvalue weighted by Gasteiger charge is 2.25. The molecule has 0 bridgehead atoms. The summed E-state index contributed by atoms with van der Waals surface area (Å²) in [6, 6.07) is 1.77. The van der Waals surface area contributed by atoms with E-state index in [1.807, 2.05) is 6.92 Å². The minimum absolute atomic E-state index is 0.116. The van der Waals surface area contributed by atoms with Crippen LogP contribution in [-0.4, -0.2) is 23.2 Å². The lowest BCUT2D eigenvalue weighted by Gasteiger charge is -2.30. The van der Waals surface area contributed by atoms with Crippen molar-refractivity contribution in [3.05, 3.63) is 21.9 Å². The van der Waals surface area contributed by atoms with Crippen molar-refractivity contribution in [1.29, 1.82) is 0 Å². The van der Waals surface area contributed by atoms with Gasteiger partial charge in [-0.2, -0.15) is 0 Å². The number of pyridine rings is 1. The molecule has 3 nitrogen and oxygen atoms in total. The number of nitrogens with zero attached hydrogens (tertiary/aromatic N) is 1. The first-order valence-corrected chi connectivity index (χ1v) is 6.91. The number of aryl methyl sites for hydroxylation is 1. The van der Waals surface area contributed by atoms with Crippen molar-refractivity contribution in [3.63, 3.8) is 0 Å². The van der Waals surface area contributed by atoms with E-state index in [0.717, 1.165) is 24.1 Å². The summed E-state index contributed by atoms with van der Waals surface area (Å²) in [4.78, 5) is 4.02. The number of nitrogens with one attached hydrogen (secondary N) is 1. The van der Waals surface area contributed by atoms with Crippen molar-refractivity contribution in [1.82, 2.24) is 4.98 Å². The molecule has 0 amide bonds. The van der Waals surface area contributed by atoms with Crippen molar-refractivity contribution in [3.8, 4) is 0 Å². The van der Waals surface area contributed by atoms with Gasteiger partial charge in [0.05, 0.1) is 12.3 Å². The Hall–Kier alpha value is -0.510. The Morgan fingerprint density at radius 3 is 2.39 bits per heavy atom. The van der Waals surface area contributed by atoms with Crippen molar-refractivity contribution in [2.24, 2.45) is 5.41 Å². The van der Waals surface area contributed by atoms with E-state index in [4.69, 9.17) is 23.2 Å². The Balaban J connectivity index is 2.86. The molecule has 0 saturated heterocycles. The standard InChI is InChI=1S/C13H20Cl2N2O/c1-4-13(5-2,8-18)7-16-11-9(3)6-10(14)17-12(11)15/h6,16,18H,4-5,7-8H2,1-3H3.